The minimum Gasteiger partial charge on any atom is -0.301 e. The second kappa shape index (κ2) is 18.1. The molecule has 0 aromatic carbocycles. The molecule has 34 heavy (non-hydrogen) atoms. The van der Waals surface area contributed by atoms with E-state index in [2.05, 4.69) is 31.0 Å². The first-order valence-electron chi connectivity index (χ1n) is 12.1. The Hall–Kier alpha value is -1.24. The van der Waals surface area contributed by atoms with Gasteiger partial charge < -0.3 is 10.6 Å². The zero-order valence-electron chi connectivity index (χ0n) is 20.1. The first-order chi connectivity index (χ1) is 16.6. The van der Waals surface area contributed by atoms with Crippen LogP contribution in [0.15, 0.2) is 8.68 Å². The van der Waals surface area contributed by atoms with Gasteiger partial charge in [0.15, 0.2) is 8.68 Å². The number of amides is 2. The van der Waals surface area contributed by atoms with E-state index in [1.807, 2.05) is 13.8 Å². The number of thioether (sulfide) groups is 2. The van der Waals surface area contributed by atoms with Crippen LogP contribution in [-0.2, 0) is 9.59 Å². The predicted octanol–water partition coefficient (Wildman–Crippen LogP) is 6.87. The van der Waals surface area contributed by atoms with Gasteiger partial charge in [-0.25, -0.2) is 0 Å². The van der Waals surface area contributed by atoms with Gasteiger partial charge in [0.1, 0.15) is 0 Å². The van der Waals surface area contributed by atoms with Gasteiger partial charge >= 0.3 is 0 Å². The van der Waals surface area contributed by atoms with Crippen molar-refractivity contribution < 1.29 is 9.59 Å². The van der Waals surface area contributed by atoms with Crippen molar-refractivity contribution in [1.29, 1.82) is 0 Å². The van der Waals surface area contributed by atoms with E-state index in [9.17, 15) is 9.59 Å². The first kappa shape index (κ1) is 29.0. The number of nitrogens with one attached hydrogen (secondary N) is 2. The molecule has 0 bridgehead atoms. The van der Waals surface area contributed by atoms with E-state index in [0.717, 1.165) is 20.2 Å². The van der Waals surface area contributed by atoms with Crippen LogP contribution in [0.25, 0.3) is 0 Å². The van der Waals surface area contributed by atoms with E-state index in [1.165, 1.54) is 86.9 Å². The van der Waals surface area contributed by atoms with Crippen LogP contribution in [0.5, 0.6) is 0 Å². The molecule has 0 radical (unpaired) electrons. The molecule has 8 nitrogen and oxygen atoms in total. The molecule has 0 aliphatic heterocycles. The number of aromatic nitrogens is 4. The summed E-state index contributed by atoms with van der Waals surface area (Å²) in [4.78, 5) is 22.7. The minimum atomic E-state index is -0.0225. The van der Waals surface area contributed by atoms with E-state index in [-0.39, 0.29) is 11.8 Å². The average Bonchev–Trinajstić information content (AvgIpc) is 3.48. The molecule has 2 amide bonds. The van der Waals surface area contributed by atoms with Crippen LogP contribution in [-0.4, -0.2) is 43.7 Å². The van der Waals surface area contributed by atoms with Crippen LogP contribution >= 0.6 is 46.2 Å². The van der Waals surface area contributed by atoms with Gasteiger partial charge in [-0.2, -0.15) is 0 Å². The van der Waals surface area contributed by atoms with Gasteiger partial charge in [-0.1, -0.05) is 111 Å². The first-order valence-corrected chi connectivity index (χ1v) is 15.7. The fraction of sp³-hybridized carbons (Fsp3) is 0.727. The van der Waals surface area contributed by atoms with E-state index in [4.69, 9.17) is 0 Å². The smallest absolute Gasteiger partial charge is 0.225 e. The second-order valence-corrected chi connectivity index (χ2v) is 12.4. The number of hydrogen-bond donors (Lipinski definition) is 2. The number of carbonyl (C=O) groups excluding carboxylic acids is 2. The lowest BCUT2D eigenvalue weighted by Crippen LogP contribution is -2.08. The highest BCUT2D eigenvalue weighted by atomic mass is 32.2. The Bertz CT molecular complexity index is 777. The lowest BCUT2D eigenvalue weighted by Gasteiger charge is -2.02. The molecular weight excluding hydrogens is 509 g/mol. The van der Waals surface area contributed by atoms with E-state index >= 15 is 0 Å². The van der Waals surface area contributed by atoms with Gasteiger partial charge in [-0.05, 0) is 12.8 Å². The molecule has 2 rings (SSSR count). The number of hydrogen-bond acceptors (Lipinski definition) is 10. The highest BCUT2D eigenvalue weighted by molar-refractivity contribution is 8.01. The quantitative estimate of drug-likeness (QED) is 0.112. The topological polar surface area (TPSA) is 110 Å². The van der Waals surface area contributed by atoms with Crippen LogP contribution in [0.4, 0.5) is 10.3 Å². The Labute approximate surface area is 219 Å². The Morgan fingerprint density at radius 1 is 0.618 bits per heavy atom. The normalized spacial score (nSPS) is 11.0. The molecule has 0 spiro atoms. The van der Waals surface area contributed by atoms with Gasteiger partial charge in [-0.3, -0.25) is 9.59 Å². The van der Waals surface area contributed by atoms with Crippen molar-refractivity contribution in [3.8, 4) is 0 Å². The third-order valence-electron chi connectivity index (χ3n) is 4.94. The average molecular weight is 545 g/mol. The third-order valence-corrected chi connectivity index (χ3v) is 9.05. The van der Waals surface area contributed by atoms with Crippen molar-refractivity contribution in [2.45, 2.75) is 99.6 Å². The maximum Gasteiger partial charge on any atom is 0.225 e. The Morgan fingerprint density at radius 3 is 1.32 bits per heavy atom. The molecule has 0 saturated heterocycles. The van der Waals surface area contributed by atoms with Gasteiger partial charge in [0.25, 0.3) is 0 Å². The van der Waals surface area contributed by atoms with E-state index in [1.54, 1.807) is 23.5 Å². The van der Waals surface area contributed by atoms with Crippen LogP contribution in [0.3, 0.4) is 0 Å². The summed E-state index contributed by atoms with van der Waals surface area (Å²) in [5.41, 5.74) is 0. The summed E-state index contributed by atoms with van der Waals surface area (Å²) in [5.74, 6) is 2.07. The van der Waals surface area contributed by atoms with Gasteiger partial charge in [0, 0.05) is 24.3 Å². The maximum atomic E-state index is 11.4. The zero-order valence-corrected chi connectivity index (χ0v) is 23.4. The monoisotopic (exact) mass is 544 g/mol. The summed E-state index contributed by atoms with van der Waals surface area (Å²) < 4.78 is 1.86. The van der Waals surface area contributed by atoms with Crippen molar-refractivity contribution in [2.75, 3.05) is 22.1 Å². The largest absolute Gasteiger partial charge is 0.301 e. The molecule has 0 atom stereocenters. The highest BCUT2D eigenvalue weighted by Gasteiger charge is 2.08. The van der Waals surface area contributed by atoms with Crippen LogP contribution < -0.4 is 10.6 Å². The Kier molecular flexibility index (Phi) is 15.4. The van der Waals surface area contributed by atoms with Crippen LogP contribution in [0, 0.1) is 0 Å². The lowest BCUT2D eigenvalue weighted by molar-refractivity contribution is -0.116. The molecule has 0 unspecified atom stereocenters. The Morgan fingerprint density at radius 2 is 0.971 bits per heavy atom. The predicted molar refractivity (Wildman–Crippen MR) is 145 cm³/mol. The summed E-state index contributed by atoms with van der Waals surface area (Å²) in [6.45, 7) is 3.65. The van der Waals surface area contributed by atoms with Crippen molar-refractivity contribution in [3.05, 3.63) is 0 Å². The number of carbonyl (C=O) groups is 2. The summed E-state index contributed by atoms with van der Waals surface area (Å²) in [6, 6.07) is 0. The molecule has 0 aliphatic carbocycles. The standard InChI is InChI=1S/C22H36N6O2S4/c1-3-17(29)23-19-25-27-21(33-19)31-15-13-11-9-7-5-6-8-10-12-14-16-32-22-28-26-20(34-22)24-18(30)4-2/h3-16H2,1-2H3,(H,23,25,29)(H,24,26,30). The van der Waals surface area contributed by atoms with E-state index in [0.29, 0.717) is 23.1 Å². The van der Waals surface area contributed by atoms with Crippen molar-refractivity contribution in [3.63, 3.8) is 0 Å². The fourth-order valence-corrected chi connectivity index (χ4v) is 6.67. The molecule has 2 heterocycles. The number of unbranched alkanes of at least 4 members (excludes halogenated alkanes) is 9. The Balaban J connectivity index is 1.34. The maximum absolute atomic E-state index is 11.4. The van der Waals surface area contributed by atoms with Gasteiger partial charge in [0.2, 0.25) is 22.1 Å². The molecule has 190 valence electrons. The van der Waals surface area contributed by atoms with Crippen LogP contribution in [0.1, 0.15) is 90.9 Å². The zero-order chi connectivity index (χ0) is 24.4. The van der Waals surface area contributed by atoms with Gasteiger partial charge in [0.05, 0.1) is 0 Å². The second-order valence-electron chi connectivity index (χ2n) is 7.78. The SMILES string of the molecule is CCC(=O)Nc1nnc(SCCCCCCCCCCCCSc2nnc(NC(=O)CC)s2)s1. The summed E-state index contributed by atoms with van der Waals surface area (Å²) in [7, 11) is 0. The molecule has 0 saturated carbocycles. The molecular formula is C22H36N6O2S4. The molecule has 12 heteroatoms. The molecule has 2 N–H and O–H groups in total. The minimum absolute atomic E-state index is 0.0225. The molecule has 2 aromatic rings. The molecule has 2 aromatic heterocycles. The summed E-state index contributed by atoms with van der Waals surface area (Å²) >= 11 is 6.36. The van der Waals surface area contributed by atoms with Crippen molar-refractivity contribution >= 4 is 68.3 Å². The van der Waals surface area contributed by atoms with Crippen molar-refractivity contribution in [2.24, 2.45) is 0 Å². The lowest BCUT2D eigenvalue weighted by atomic mass is 10.1. The number of anilines is 2. The molecule has 0 aliphatic rings. The van der Waals surface area contributed by atoms with E-state index < -0.39 is 0 Å². The van der Waals surface area contributed by atoms with Crippen LogP contribution in [0.2, 0.25) is 0 Å². The van der Waals surface area contributed by atoms with Gasteiger partial charge in [-0.15, -0.1) is 20.4 Å². The third kappa shape index (κ3) is 13.0. The van der Waals surface area contributed by atoms with Crippen molar-refractivity contribution in [1.82, 2.24) is 20.4 Å². The number of rotatable bonds is 19. The highest BCUT2D eigenvalue weighted by Crippen LogP contribution is 2.27. The summed E-state index contributed by atoms with van der Waals surface area (Å²) in [6.07, 6.45) is 13.7. The fourth-order valence-electron chi connectivity index (χ4n) is 2.99. The summed E-state index contributed by atoms with van der Waals surface area (Å²) in [5, 5.41) is 23.0. The number of nitrogens with zero attached hydrogens (tertiary/aromatic N) is 4. The molecule has 0 fully saturated rings.